The minimum atomic E-state index is -0.496. The quantitative estimate of drug-likeness (QED) is 0.283. The zero-order valence-corrected chi connectivity index (χ0v) is 19.6. The fourth-order valence-electron chi connectivity index (χ4n) is 3.02. The number of carbonyl (C=O) groups excluding carboxylic acids is 2. The number of hydrogen-bond acceptors (Lipinski definition) is 6. The molecule has 0 atom stereocenters. The second-order valence-electron chi connectivity index (χ2n) is 7.17. The molecule has 0 unspecified atom stereocenters. The maximum absolute atomic E-state index is 12.3. The number of ether oxygens (including phenoxy) is 4. The topological polar surface area (TPSA) is 95.1 Å². The Bertz CT molecular complexity index is 915. The Morgan fingerprint density at radius 3 is 2.12 bits per heavy atom. The first-order valence-corrected chi connectivity index (χ1v) is 10.8. The molecule has 0 aliphatic rings. The summed E-state index contributed by atoms with van der Waals surface area (Å²) in [4.78, 5) is 24.4. The van der Waals surface area contributed by atoms with Crippen molar-refractivity contribution < 1.29 is 28.5 Å². The van der Waals surface area contributed by atoms with Crippen molar-refractivity contribution in [1.82, 2.24) is 10.9 Å². The smallest absolute Gasteiger partial charge is 0.269 e. The van der Waals surface area contributed by atoms with E-state index >= 15 is 0 Å². The predicted molar refractivity (Wildman–Crippen MR) is 127 cm³/mol. The van der Waals surface area contributed by atoms with E-state index < -0.39 is 11.8 Å². The number of unbranched alkanes of at least 4 members (excludes halogenated alkanes) is 3. The number of rotatable bonds is 12. The van der Waals surface area contributed by atoms with Crippen LogP contribution in [-0.4, -0.2) is 39.8 Å². The van der Waals surface area contributed by atoms with Crippen molar-refractivity contribution in [3.8, 4) is 23.0 Å². The van der Waals surface area contributed by atoms with Crippen molar-refractivity contribution in [2.24, 2.45) is 0 Å². The second kappa shape index (κ2) is 13.7. The molecular formula is C25H32N2O6. The summed E-state index contributed by atoms with van der Waals surface area (Å²) in [5, 5.41) is 0. The lowest BCUT2D eigenvalue weighted by Crippen LogP contribution is -2.40. The molecule has 0 aliphatic carbocycles. The van der Waals surface area contributed by atoms with E-state index in [-0.39, 0.29) is 0 Å². The molecule has 8 nitrogen and oxygen atoms in total. The summed E-state index contributed by atoms with van der Waals surface area (Å²) in [5.41, 5.74) is 5.81. The van der Waals surface area contributed by atoms with E-state index in [9.17, 15) is 9.59 Å². The van der Waals surface area contributed by atoms with Crippen molar-refractivity contribution >= 4 is 17.9 Å². The van der Waals surface area contributed by atoms with Crippen molar-refractivity contribution in [3.05, 3.63) is 53.6 Å². The predicted octanol–water partition coefficient (Wildman–Crippen LogP) is 4.15. The lowest BCUT2D eigenvalue weighted by Gasteiger charge is -2.12. The van der Waals surface area contributed by atoms with E-state index in [1.807, 2.05) is 0 Å². The van der Waals surface area contributed by atoms with Gasteiger partial charge in [0, 0.05) is 11.6 Å². The van der Waals surface area contributed by atoms with Crippen molar-refractivity contribution in [1.29, 1.82) is 0 Å². The monoisotopic (exact) mass is 456 g/mol. The van der Waals surface area contributed by atoms with Gasteiger partial charge in [-0.05, 0) is 54.5 Å². The van der Waals surface area contributed by atoms with E-state index in [4.69, 9.17) is 18.9 Å². The Hall–Kier alpha value is -3.68. The van der Waals surface area contributed by atoms with E-state index in [1.54, 1.807) is 42.5 Å². The molecule has 2 aromatic carbocycles. The Balaban J connectivity index is 1.86. The molecule has 2 N–H and O–H groups in total. The van der Waals surface area contributed by atoms with Gasteiger partial charge < -0.3 is 18.9 Å². The first-order chi connectivity index (χ1) is 16.0. The summed E-state index contributed by atoms with van der Waals surface area (Å²) in [7, 11) is 4.54. The molecule has 2 rings (SSSR count). The zero-order valence-electron chi connectivity index (χ0n) is 19.6. The zero-order chi connectivity index (χ0) is 24.1. The normalized spacial score (nSPS) is 10.5. The van der Waals surface area contributed by atoms with Crippen LogP contribution in [0.5, 0.6) is 23.0 Å². The lowest BCUT2D eigenvalue weighted by molar-refractivity contribution is -0.117. The number of hydrazine groups is 1. The third-order valence-corrected chi connectivity index (χ3v) is 4.80. The van der Waals surface area contributed by atoms with Crippen LogP contribution < -0.4 is 29.8 Å². The first-order valence-electron chi connectivity index (χ1n) is 10.8. The summed E-state index contributed by atoms with van der Waals surface area (Å²) in [6.07, 6.45) is 7.39. The molecule has 0 saturated heterocycles. The molecule has 0 heterocycles. The van der Waals surface area contributed by atoms with Crippen LogP contribution >= 0.6 is 0 Å². The average Bonchev–Trinajstić information content (AvgIpc) is 2.85. The van der Waals surface area contributed by atoms with Crippen molar-refractivity contribution in [3.63, 3.8) is 0 Å². The summed E-state index contributed by atoms with van der Waals surface area (Å²) in [5.74, 6) is 1.18. The number of hydrogen-bond donors (Lipinski definition) is 2. The van der Waals surface area contributed by atoms with Crippen LogP contribution in [0.1, 0.15) is 48.5 Å². The van der Waals surface area contributed by atoms with Crippen molar-refractivity contribution in [2.45, 2.75) is 32.6 Å². The fourth-order valence-corrected chi connectivity index (χ4v) is 3.02. The van der Waals surface area contributed by atoms with Crippen LogP contribution in [0.2, 0.25) is 0 Å². The average molecular weight is 457 g/mol. The van der Waals surface area contributed by atoms with Gasteiger partial charge in [-0.15, -0.1) is 0 Å². The summed E-state index contributed by atoms with van der Waals surface area (Å²) >= 11 is 0. The van der Waals surface area contributed by atoms with Gasteiger partial charge in [-0.2, -0.15) is 0 Å². The van der Waals surface area contributed by atoms with Gasteiger partial charge in [0.25, 0.3) is 11.8 Å². The Morgan fingerprint density at radius 1 is 0.879 bits per heavy atom. The largest absolute Gasteiger partial charge is 0.494 e. The van der Waals surface area contributed by atoms with Crippen LogP contribution in [-0.2, 0) is 4.79 Å². The lowest BCUT2D eigenvalue weighted by atomic mass is 10.1. The maximum atomic E-state index is 12.3. The van der Waals surface area contributed by atoms with E-state index in [1.165, 1.54) is 40.2 Å². The highest BCUT2D eigenvalue weighted by Gasteiger charge is 2.12. The number of benzene rings is 2. The van der Waals surface area contributed by atoms with Gasteiger partial charge in [0.1, 0.15) is 5.75 Å². The minimum Gasteiger partial charge on any atom is -0.494 e. The standard InChI is InChI=1S/C25H32N2O6/c1-5-6-7-8-15-33-20-12-10-19(11-13-20)25(29)27-26-23(28)14-9-18-16-21(30-2)24(32-4)22(17-18)31-3/h9-14,16-17H,5-8,15H2,1-4H3,(H,26,28)(H,27,29)/b14-9+. The molecule has 0 aromatic heterocycles. The second-order valence-corrected chi connectivity index (χ2v) is 7.17. The van der Waals surface area contributed by atoms with Gasteiger partial charge in [-0.1, -0.05) is 26.2 Å². The van der Waals surface area contributed by atoms with E-state index in [0.29, 0.717) is 40.7 Å². The molecule has 178 valence electrons. The van der Waals surface area contributed by atoms with E-state index in [0.717, 1.165) is 12.8 Å². The number of amides is 2. The molecule has 0 radical (unpaired) electrons. The van der Waals surface area contributed by atoms with Gasteiger partial charge in [0.2, 0.25) is 5.75 Å². The highest BCUT2D eigenvalue weighted by molar-refractivity contribution is 5.98. The highest BCUT2D eigenvalue weighted by Crippen LogP contribution is 2.38. The van der Waals surface area contributed by atoms with Gasteiger partial charge >= 0.3 is 0 Å². The highest BCUT2D eigenvalue weighted by atomic mass is 16.5. The maximum Gasteiger partial charge on any atom is 0.269 e. The van der Waals surface area contributed by atoms with Gasteiger partial charge in [-0.25, -0.2) is 0 Å². The molecule has 2 aromatic rings. The van der Waals surface area contributed by atoms with Gasteiger partial charge in [0.05, 0.1) is 27.9 Å². The SMILES string of the molecule is CCCCCCOc1ccc(C(=O)NNC(=O)/C=C/c2cc(OC)c(OC)c(OC)c2)cc1. The molecule has 0 aliphatic heterocycles. The number of methoxy groups -OCH3 is 3. The van der Waals surface area contributed by atoms with Crippen LogP contribution in [0.3, 0.4) is 0 Å². The van der Waals surface area contributed by atoms with Gasteiger partial charge in [-0.3, -0.25) is 20.4 Å². The molecule has 0 fully saturated rings. The molecule has 0 saturated carbocycles. The number of nitrogens with one attached hydrogen (secondary N) is 2. The van der Waals surface area contributed by atoms with Crippen LogP contribution in [0.25, 0.3) is 6.08 Å². The number of carbonyl (C=O) groups is 2. The molecule has 0 bridgehead atoms. The molecule has 8 heteroatoms. The van der Waals surface area contributed by atoms with Gasteiger partial charge in [0.15, 0.2) is 11.5 Å². The third kappa shape index (κ3) is 8.07. The Kier molecular flexibility index (Phi) is 10.6. The molecular weight excluding hydrogens is 424 g/mol. The Labute approximate surface area is 194 Å². The summed E-state index contributed by atoms with van der Waals surface area (Å²) in [6, 6.07) is 10.2. The van der Waals surface area contributed by atoms with E-state index in [2.05, 4.69) is 17.8 Å². The first kappa shape index (κ1) is 25.6. The summed E-state index contributed by atoms with van der Waals surface area (Å²) in [6.45, 7) is 2.82. The minimum absolute atomic E-state index is 0.405. The third-order valence-electron chi connectivity index (χ3n) is 4.80. The summed E-state index contributed by atoms with van der Waals surface area (Å²) < 4.78 is 21.5. The molecule has 0 spiro atoms. The van der Waals surface area contributed by atoms with Crippen molar-refractivity contribution in [2.75, 3.05) is 27.9 Å². The molecule has 33 heavy (non-hydrogen) atoms. The van der Waals surface area contributed by atoms with Crippen LogP contribution in [0.15, 0.2) is 42.5 Å². The fraction of sp³-hybridized carbons (Fsp3) is 0.360. The van der Waals surface area contributed by atoms with Crippen LogP contribution in [0.4, 0.5) is 0 Å². The van der Waals surface area contributed by atoms with Crippen LogP contribution in [0, 0.1) is 0 Å². The molecule has 2 amide bonds. The Morgan fingerprint density at radius 2 is 1.55 bits per heavy atom.